The molecule has 2 heterocycles. The molecule has 0 spiro atoms. The van der Waals surface area contributed by atoms with Crippen molar-refractivity contribution < 1.29 is 19.0 Å². The van der Waals surface area contributed by atoms with Gasteiger partial charge in [-0.2, -0.15) is 0 Å². The maximum atomic E-state index is 12.2. The standard InChI is InChI=1S/C25H22O4/c26-25-17-21-8-4-10-23(28-18-20-6-2-1-3-7-20)24(16-21)29-22-13-11-19(12-14-22)9-5-15-27-25/h1-7,9-14,16H,8,15,17-18H2/b9-5-. The van der Waals surface area contributed by atoms with Gasteiger partial charge in [0.15, 0.2) is 11.5 Å². The molecule has 2 aromatic carbocycles. The van der Waals surface area contributed by atoms with Crippen molar-refractivity contribution in [2.75, 3.05) is 6.61 Å². The summed E-state index contributed by atoms with van der Waals surface area (Å²) in [7, 11) is 0. The van der Waals surface area contributed by atoms with Gasteiger partial charge in [-0.3, -0.25) is 4.79 Å². The third-order valence-electron chi connectivity index (χ3n) is 4.59. The first kappa shape index (κ1) is 18.8. The molecule has 146 valence electrons. The molecular weight excluding hydrogens is 364 g/mol. The van der Waals surface area contributed by atoms with Gasteiger partial charge in [0.25, 0.3) is 0 Å². The predicted octanol–water partition coefficient (Wildman–Crippen LogP) is 5.34. The monoisotopic (exact) mass is 386 g/mol. The van der Waals surface area contributed by atoms with Crippen molar-refractivity contribution >= 4 is 12.0 Å². The Morgan fingerprint density at radius 1 is 0.931 bits per heavy atom. The van der Waals surface area contributed by atoms with E-state index in [1.54, 1.807) is 0 Å². The van der Waals surface area contributed by atoms with Crippen LogP contribution in [-0.4, -0.2) is 12.6 Å². The zero-order valence-corrected chi connectivity index (χ0v) is 16.0. The lowest BCUT2D eigenvalue weighted by Crippen LogP contribution is -2.07. The number of carbonyl (C=O) groups is 1. The molecule has 0 saturated heterocycles. The van der Waals surface area contributed by atoms with E-state index < -0.39 is 0 Å². The van der Waals surface area contributed by atoms with Gasteiger partial charge in [0, 0.05) is 0 Å². The molecule has 0 aromatic heterocycles. The molecule has 2 aromatic rings. The zero-order valence-electron chi connectivity index (χ0n) is 16.0. The van der Waals surface area contributed by atoms with Gasteiger partial charge >= 0.3 is 5.97 Å². The number of esters is 1. The van der Waals surface area contributed by atoms with Gasteiger partial charge in [-0.1, -0.05) is 60.2 Å². The number of fused-ring (bicyclic) bond motifs is 6. The molecule has 5 rings (SSSR count). The molecule has 4 heteroatoms. The SMILES string of the molecule is O=C1CC2=CC(=C(OCc3ccccc3)C=CC2)Oc2ccc(cc2)/C=C\CO1. The van der Waals surface area contributed by atoms with Crippen molar-refractivity contribution in [3.8, 4) is 5.75 Å². The Morgan fingerprint density at radius 2 is 1.76 bits per heavy atom. The van der Waals surface area contributed by atoms with Crippen LogP contribution in [0.3, 0.4) is 0 Å². The molecule has 1 aliphatic carbocycles. The van der Waals surface area contributed by atoms with E-state index in [2.05, 4.69) is 0 Å². The van der Waals surface area contributed by atoms with E-state index in [9.17, 15) is 4.79 Å². The van der Waals surface area contributed by atoms with E-state index >= 15 is 0 Å². The zero-order chi connectivity index (χ0) is 19.9. The van der Waals surface area contributed by atoms with Crippen LogP contribution in [0.15, 0.2) is 96.0 Å². The quantitative estimate of drug-likeness (QED) is 0.668. The van der Waals surface area contributed by atoms with Crippen LogP contribution in [-0.2, 0) is 20.9 Å². The third-order valence-corrected chi connectivity index (χ3v) is 4.59. The van der Waals surface area contributed by atoms with Crippen molar-refractivity contribution in [3.05, 3.63) is 107 Å². The van der Waals surface area contributed by atoms with Gasteiger partial charge < -0.3 is 14.2 Å². The number of ether oxygens (including phenoxy) is 3. The third kappa shape index (κ3) is 5.26. The average molecular weight is 386 g/mol. The van der Waals surface area contributed by atoms with E-state index in [4.69, 9.17) is 14.2 Å². The van der Waals surface area contributed by atoms with Crippen LogP contribution in [0.4, 0.5) is 0 Å². The van der Waals surface area contributed by atoms with Crippen LogP contribution in [0.25, 0.3) is 6.08 Å². The van der Waals surface area contributed by atoms with Crippen molar-refractivity contribution in [2.24, 2.45) is 0 Å². The summed E-state index contributed by atoms with van der Waals surface area (Å²) >= 11 is 0. The highest BCUT2D eigenvalue weighted by molar-refractivity contribution is 5.73. The van der Waals surface area contributed by atoms with Crippen LogP contribution in [0, 0.1) is 0 Å². The summed E-state index contributed by atoms with van der Waals surface area (Å²) in [6.07, 6.45) is 10.4. The van der Waals surface area contributed by atoms with Gasteiger partial charge in [-0.15, -0.1) is 0 Å². The van der Waals surface area contributed by atoms with E-state index in [0.717, 1.165) is 16.7 Å². The Hall–Kier alpha value is -3.53. The minimum atomic E-state index is -0.256. The molecule has 2 aliphatic heterocycles. The van der Waals surface area contributed by atoms with Crippen molar-refractivity contribution in [3.63, 3.8) is 0 Å². The second-order valence-corrected chi connectivity index (χ2v) is 6.85. The van der Waals surface area contributed by atoms with Gasteiger partial charge in [0.1, 0.15) is 19.0 Å². The molecule has 0 amide bonds. The molecular formula is C25H22O4. The number of allylic oxidation sites excluding steroid dienone is 3. The fourth-order valence-corrected chi connectivity index (χ4v) is 3.11. The Bertz CT molecular complexity index is 979. The number of benzene rings is 2. The fourth-order valence-electron chi connectivity index (χ4n) is 3.11. The summed E-state index contributed by atoms with van der Waals surface area (Å²) < 4.78 is 17.5. The number of hydrogen-bond donors (Lipinski definition) is 0. The maximum absolute atomic E-state index is 12.2. The van der Waals surface area contributed by atoms with E-state index in [-0.39, 0.29) is 19.0 Å². The van der Waals surface area contributed by atoms with Crippen molar-refractivity contribution in [2.45, 2.75) is 19.4 Å². The van der Waals surface area contributed by atoms with Crippen LogP contribution in [0.2, 0.25) is 0 Å². The minimum Gasteiger partial charge on any atom is -0.485 e. The molecule has 4 nitrogen and oxygen atoms in total. The number of rotatable bonds is 3. The van der Waals surface area contributed by atoms with Crippen molar-refractivity contribution in [1.29, 1.82) is 0 Å². The largest absolute Gasteiger partial charge is 0.485 e. The fraction of sp³-hybridized carbons (Fsp3) is 0.160. The van der Waals surface area contributed by atoms with Gasteiger partial charge in [-0.05, 0) is 47.9 Å². The maximum Gasteiger partial charge on any atom is 0.310 e. The first-order valence-electron chi connectivity index (χ1n) is 9.63. The molecule has 4 bridgehead atoms. The van der Waals surface area contributed by atoms with Crippen LogP contribution in [0.5, 0.6) is 5.75 Å². The molecule has 29 heavy (non-hydrogen) atoms. The van der Waals surface area contributed by atoms with E-state index in [1.807, 2.05) is 85.0 Å². The number of hydrogen-bond acceptors (Lipinski definition) is 4. The summed E-state index contributed by atoms with van der Waals surface area (Å²) in [4.78, 5) is 12.2. The van der Waals surface area contributed by atoms with Crippen LogP contribution >= 0.6 is 0 Å². The number of carbonyl (C=O) groups excluding carboxylic acids is 1. The summed E-state index contributed by atoms with van der Waals surface area (Å²) in [6.45, 7) is 0.691. The van der Waals surface area contributed by atoms with Gasteiger partial charge in [0.2, 0.25) is 0 Å². The highest BCUT2D eigenvalue weighted by atomic mass is 16.5. The molecule has 0 radical (unpaired) electrons. The topological polar surface area (TPSA) is 44.8 Å². The first-order chi connectivity index (χ1) is 14.3. The molecule has 0 fully saturated rings. The lowest BCUT2D eigenvalue weighted by molar-refractivity contribution is -0.141. The summed E-state index contributed by atoms with van der Waals surface area (Å²) in [6, 6.07) is 17.7. The lowest BCUT2D eigenvalue weighted by Gasteiger charge is -2.14. The second kappa shape index (κ2) is 9.11. The lowest BCUT2D eigenvalue weighted by atomic mass is 10.1. The summed E-state index contributed by atoms with van der Waals surface area (Å²) in [5, 5.41) is 0. The highest BCUT2D eigenvalue weighted by Crippen LogP contribution is 2.26. The Labute approximate surface area is 170 Å². The molecule has 0 atom stereocenters. The van der Waals surface area contributed by atoms with Gasteiger partial charge in [-0.25, -0.2) is 0 Å². The van der Waals surface area contributed by atoms with Gasteiger partial charge in [0.05, 0.1) is 6.42 Å². The molecule has 0 unspecified atom stereocenters. The summed E-state index contributed by atoms with van der Waals surface area (Å²) in [5.74, 6) is 1.67. The van der Waals surface area contributed by atoms with E-state index in [1.165, 1.54) is 0 Å². The molecule has 0 N–H and O–H groups in total. The van der Waals surface area contributed by atoms with E-state index in [0.29, 0.717) is 30.3 Å². The average Bonchev–Trinajstić information content (AvgIpc) is 2.92. The second-order valence-electron chi connectivity index (χ2n) is 6.85. The van der Waals surface area contributed by atoms with Crippen LogP contribution < -0.4 is 4.74 Å². The molecule has 3 aliphatic rings. The normalized spacial score (nSPS) is 17.5. The first-order valence-corrected chi connectivity index (χ1v) is 9.63. The Balaban J connectivity index is 1.66. The minimum absolute atomic E-state index is 0.217. The van der Waals surface area contributed by atoms with Crippen molar-refractivity contribution in [1.82, 2.24) is 0 Å². The Kier molecular flexibility index (Phi) is 5.91. The summed E-state index contributed by atoms with van der Waals surface area (Å²) in [5.41, 5.74) is 3.00. The van der Waals surface area contributed by atoms with Crippen LogP contribution in [0.1, 0.15) is 24.0 Å². The highest BCUT2D eigenvalue weighted by Gasteiger charge is 2.15. The molecule has 0 saturated carbocycles. The Morgan fingerprint density at radius 3 is 2.59 bits per heavy atom. The predicted molar refractivity (Wildman–Crippen MR) is 112 cm³/mol. The smallest absolute Gasteiger partial charge is 0.310 e.